The van der Waals surface area contributed by atoms with Crippen molar-refractivity contribution in [2.45, 2.75) is 110 Å². The molecule has 0 heterocycles. The number of aryl methyl sites for hydroxylation is 1. The summed E-state index contributed by atoms with van der Waals surface area (Å²) in [5, 5.41) is 0. The highest BCUT2D eigenvalue weighted by molar-refractivity contribution is 5.75. The van der Waals surface area contributed by atoms with E-state index in [4.69, 9.17) is 4.74 Å². The largest absolute Gasteiger partial charge is 0.426 e. The van der Waals surface area contributed by atoms with Crippen LogP contribution in [-0.2, 0) is 11.2 Å². The highest BCUT2D eigenvalue weighted by Gasteiger charge is 2.33. The summed E-state index contributed by atoms with van der Waals surface area (Å²) in [6.45, 7) is 4.54. The molecule has 0 N–H and O–H groups in total. The van der Waals surface area contributed by atoms with E-state index in [1.165, 1.54) is 82.6 Å². The number of benzene rings is 1. The predicted molar refractivity (Wildman–Crippen MR) is 126 cm³/mol. The molecule has 2 aliphatic carbocycles. The fourth-order valence-corrected chi connectivity index (χ4v) is 5.77. The molecule has 0 amide bonds. The van der Waals surface area contributed by atoms with Crippen molar-refractivity contribution < 1.29 is 9.53 Å². The minimum Gasteiger partial charge on any atom is -0.426 e. The molecule has 0 spiro atoms. The average Bonchev–Trinajstić information content (AvgIpc) is 2.79. The van der Waals surface area contributed by atoms with Gasteiger partial charge in [0.05, 0.1) is 5.92 Å². The number of carbonyl (C=O) groups is 1. The third kappa shape index (κ3) is 7.13. The minimum atomic E-state index is -0.00421. The SMILES string of the molecule is CCCCCc1ccc(OC(=O)C2CCC([C@H]3CC[C@H](CCCC)CC3)CC2)cc1. The molecular formula is C28H44O2. The molecule has 2 fully saturated rings. The Balaban J connectivity index is 1.37. The van der Waals surface area contributed by atoms with Gasteiger partial charge >= 0.3 is 5.97 Å². The van der Waals surface area contributed by atoms with Crippen LogP contribution in [0.1, 0.15) is 109 Å². The van der Waals surface area contributed by atoms with Crippen LogP contribution in [0.25, 0.3) is 0 Å². The molecule has 0 atom stereocenters. The lowest BCUT2D eigenvalue weighted by Crippen LogP contribution is -2.30. The summed E-state index contributed by atoms with van der Waals surface area (Å²) in [5.74, 6) is 3.57. The number of esters is 1. The number of rotatable bonds is 10. The summed E-state index contributed by atoms with van der Waals surface area (Å²) < 4.78 is 5.73. The van der Waals surface area contributed by atoms with Gasteiger partial charge in [0.1, 0.15) is 5.75 Å². The van der Waals surface area contributed by atoms with Crippen LogP contribution in [0.2, 0.25) is 0 Å². The zero-order valence-corrected chi connectivity index (χ0v) is 19.5. The smallest absolute Gasteiger partial charge is 0.314 e. The zero-order chi connectivity index (χ0) is 21.2. The molecule has 0 saturated heterocycles. The summed E-state index contributed by atoms with van der Waals surface area (Å²) in [6.07, 6.45) is 19.3. The Kier molecular flexibility index (Phi) is 9.75. The zero-order valence-electron chi connectivity index (χ0n) is 19.5. The molecule has 2 nitrogen and oxygen atoms in total. The maximum Gasteiger partial charge on any atom is 0.314 e. The Morgan fingerprint density at radius 3 is 2.00 bits per heavy atom. The van der Waals surface area contributed by atoms with E-state index in [1.807, 2.05) is 12.1 Å². The summed E-state index contributed by atoms with van der Waals surface area (Å²) >= 11 is 0. The van der Waals surface area contributed by atoms with Gasteiger partial charge in [-0.05, 0) is 86.8 Å². The van der Waals surface area contributed by atoms with Gasteiger partial charge in [0.25, 0.3) is 0 Å². The highest BCUT2D eigenvalue weighted by Crippen LogP contribution is 2.42. The fraction of sp³-hybridized carbons (Fsp3) is 0.750. The summed E-state index contributed by atoms with van der Waals surface area (Å²) in [6, 6.07) is 8.18. The van der Waals surface area contributed by atoms with Crippen molar-refractivity contribution in [1.29, 1.82) is 0 Å². The van der Waals surface area contributed by atoms with Crippen LogP contribution in [0.4, 0.5) is 0 Å². The van der Waals surface area contributed by atoms with E-state index < -0.39 is 0 Å². The first-order valence-electron chi connectivity index (χ1n) is 13.0. The van der Waals surface area contributed by atoms with Crippen LogP contribution >= 0.6 is 0 Å². The maximum atomic E-state index is 12.7. The monoisotopic (exact) mass is 412 g/mol. The minimum absolute atomic E-state index is 0.00421. The molecule has 2 saturated carbocycles. The predicted octanol–water partition coefficient (Wildman–Crippen LogP) is 8.13. The molecule has 0 unspecified atom stereocenters. The van der Waals surface area contributed by atoms with E-state index in [2.05, 4.69) is 26.0 Å². The number of hydrogen-bond acceptors (Lipinski definition) is 2. The molecular weight excluding hydrogens is 368 g/mol. The fourth-order valence-electron chi connectivity index (χ4n) is 5.77. The van der Waals surface area contributed by atoms with Gasteiger partial charge in [-0.25, -0.2) is 0 Å². The van der Waals surface area contributed by atoms with Crippen molar-refractivity contribution in [3.05, 3.63) is 29.8 Å². The van der Waals surface area contributed by atoms with Gasteiger partial charge in [-0.3, -0.25) is 4.79 Å². The molecule has 1 aromatic rings. The Hall–Kier alpha value is -1.31. The van der Waals surface area contributed by atoms with E-state index in [-0.39, 0.29) is 11.9 Å². The van der Waals surface area contributed by atoms with Gasteiger partial charge in [0, 0.05) is 0 Å². The van der Waals surface area contributed by atoms with Crippen molar-refractivity contribution in [1.82, 2.24) is 0 Å². The summed E-state index contributed by atoms with van der Waals surface area (Å²) in [7, 11) is 0. The first kappa shape index (κ1) is 23.4. The van der Waals surface area contributed by atoms with Gasteiger partial charge in [-0.1, -0.05) is 70.9 Å². The Labute approximate surface area is 185 Å². The van der Waals surface area contributed by atoms with Crippen molar-refractivity contribution in [3.63, 3.8) is 0 Å². The first-order valence-corrected chi connectivity index (χ1v) is 13.0. The van der Waals surface area contributed by atoms with Crippen LogP contribution in [0.3, 0.4) is 0 Å². The van der Waals surface area contributed by atoms with Crippen molar-refractivity contribution >= 4 is 5.97 Å². The van der Waals surface area contributed by atoms with Crippen LogP contribution in [0.15, 0.2) is 24.3 Å². The molecule has 0 aromatic heterocycles. The maximum absolute atomic E-state index is 12.7. The van der Waals surface area contributed by atoms with Gasteiger partial charge < -0.3 is 4.74 Å². The summed E-state index contributed by atoms with van der Waals surface area (Å²) in [4.78, 5) is 12.7. The van der Waals surface area contributed by atoms with Gasteiger partial charge in [0.2, 0.25) is 0 Å². The molecule has 168 valence electrons. The molecule has 30 heavy (non-hydrogen) atoms. The van der Waals surface area contributed by atoms with E-state index in [9.17, 15) is 4.79 Å². The van der Waals surface area contributed by atoms with Gasteiger partial charge in [0.15, 0.2) is 0 Å². The lowest BCUT2D eigenvalue weighted by Gasteiger charge is -2.37. The second-order valence-electron chi connectivity index (χ2n) is 10.1. The van der Waals surface area contributed by atoms with Crippen molar-refractivity contribution in [3.8, 4) is 5.75 Å². The number of ether oxygens (including phenoxy) is 1. The molecule has 0 bridgehead atoms. The molecule has 1 aromatic carbocycles. The van der Waals surface area contributed by atoms with Crippen LogP contribution in [0.5, 0.6) is 5.75 Å². The first-order chi connectivity index (χ1) is 14.7. The number of hydrogen-bond donors (Lipinski definition) is 0. The van der Waals surface area contributed by atoms with Crippen molar-refractivity contribution in [2.75, 3.05) is 0 Å². The molecule has 2 heteroatoms. The molecule has 2 aliphatic rings. The average molecular weight is 413 g/mol. The van der Waals surface area contributed by atoms with E-state index in [0.717, 1.165) is 37.0 Å². The molecule has 3 rings (SSSR count). The summed E-state index contributed by atoms with van der Waals surface area (Å²) in [5.41, 5.74) is 1.34. The van der Waals surface area contributed by atoms with E-state index in [0.29, 0.717) is 5.75 Å². The lowest BCUT2D eigenvalue weighted by atomic mass is 9.68. The van der Waals surface area contributed by atoms with Crippen LogP contribution in [0, 0.1) is 23.7 Å². The Morgan fingerprint density at radius 2 is 1.40 bits per heavy atom. The number of carbonyl (C=O) groups excluding carboxylic acids is 1. The van der Waals surface area contributed by atoms with E-state index >= 15 is 0 Å². The molecule has 0 radical (unpaired) electrons. The van der Waals surface area contributed by atoms with Crippen LogP contribution in [-0.4, -0.2) is 5.97 Å². The Morgan fingerprint density at radius 1 is 0.800 bits per heavy atom. The van der Waals surface area contributed by atoms with E-state index in [1.54, 1.807) is 0 Å². The third-order valence-corrected chi connectivity index (χ3v) is 7.84. The topological polar surface area (TPSA) is 26.3 Å². The Bertz CT molecular complexity index is 604. The lowest BCUT2D eigenvalue weighted by molar-refractivity contribution is -0.140. The van der Waals surface area contributed by atoms with Gasteiger partial charge in [-0.15, -0.1) is 0 Å². The molecule has 0 aliphatic heterocycles. The second-order valence-corrected chi connectivity index (χ2v) is 10.1. The number of unbranched alkanes of at least 4 members (excludes halogenated alkanes) is 3. The highest BCUT2D eigenvalue weighted by atomic mass is 16.5. The van der Waals surface area contributed by atoms with Crippen molar-refractivity contribution in [2.24, 2.45) is 23.7 Å². The standard InChI is InChI=1S/C28H44O2/c1-3-5-7-9-23-12-20-27(21-13-23)30-28(29)26-18-16-25(17-19-26)24-14-10-22(11-15-24)8-6-4-2/h12-13,20-22,24-26H,3-11,14-19H2,1-2H3/t22-,24-,25?,26?. The van der Waals surface area contributed by atoms with Crippen LogP contribution < -0.4 is 4.74 Å². The third-order valence-electron chi connectivity index (χ3n) is 7.84. The van der Waals surface area contributed by atoms with Gasteiger partial charge in [-0.2, -0.15) is 0 Å². The second kappa shape index (κ2) is 12.5. The normalized spacial score (nSPS) is 27.0. The quantitative estimate of drug-likeness (QED) is 0.220.